The molecular formula is C50H46BClF2N8O4. The maximum absolute atomic E-state index is 14.4. The summed E-state index contributed by atoms with van der Waals surface area (Å²) in [5.41, 5.74) is 20.8. The number of fused-ring (bicyclic) bond motifs is 4. The van der Waals surface area contributed by atoms with Crippen molar-refractivity contribution >= 4 is 69.2 Å². The Balaban J connectivity index is 0.000000129. The monoisotopic (exact) mass is 906 g/mol. The zero-order chi connectivity index (χ0) is 46.5. The van der Waals surface area contributed by atoms with Crippen LogP contribution in [0.5, 0.6) is 0 Å². The fourth-order valence-electron chi connectivity index (χ4n) is 8.18. The van der Waals surface area contributed by atoms with Crippen molar-refractivity contribution in [3.8, 4) is 33.8 Å². The number of nitrogen functional groups attached to an aromatic ring is 2. The van der Waals surface area contributed by atoms with Gasteiger partial charge >= 0.3 is 7.12 Å². The van der Waals surface area contributed by atoms with Crippen LogP contribution in [0, 0.1) is 11.6 Å². The average Bonchev–Trinajstić information content (AvgIpc) is 3.98. The summed E-state index contributed by atoms with van der Waals surface area (Å²) >= 11 is 6.02. The Labute approximate surface area is 384 Å². The van der Waals surface area contributed by atoms with Crippen LogP contribution in [0.15, 0.2) is 109 Å². The number of benzene rings is 4. The number of rotatable bonds is 4. The standard InChI is InChI=1S/C22H17FN4O.C16H12ClN3O.C12H17BFNO2/c23-17-10-13(24)5-6-14(17)18-7-4-12-2-1-3-15(21(12)27-18)20-11-16-19(26-20)8-9-25-22(16)28;17-14-5-4-9-2-1-3-10(15(9)20-14)13-8-11-12(19-13)6-7-18-16(11)21;1-11(2)12(3,4)17-13(16-11)9-6-5-8(15)7-10(9)14/h1-7,10-11,26H,8-9,24H2,(H,25,28);1-5,8,19H,6-7H2,(H,18,21);5-7H,15H2,1-4H3. The van der Waals surface area contributed by atoms with E-state index in [1.165, 1.54) is 12.1 Å². The summed E-state index contributed by atoms with van der Waals surface area (Å²) in [6.07, 6.45) is 1.58. The van der Waals surface area contributed by atoms with Gasteiger partial charge in [0.05, 0.1) is 39.1 Å². The number of carbonyl (C=O) groups is 2. The highest BCUT2D eigenvalue weighted by molar-refractivity contribution is 6.62. The number of anilines is 2. The van der Waals surface area contributed by atoms with Crippen LogP contribution in [0.4, 0.5) is 20.2 Å². The van der Waals surface area contributed by atoms with Crippen molar-refractivity contribution in [2.75, 3.05) is 24.6 Å². The number of aromatic amines is 2. The number of nitrogens with zero attached hydrogens (tertiary/aromatic N) is 2. The Morgan fingerprint density at radius 1 is 0.606 bits per heavy atom. The van der Waals surface area contributed by atoms with Crippen molar-refractivity contribution in [1.82, 2.24) is 30.6 Å². The second kappa shape index (κ2) is 17.4. The molecule has 0 atom stereocenters. The molecule has 0 saturated carbocycles. The van der Waals surface area contributed by atoms with Crippen molar-refractivity contribution in [3.63, 3.8) is 0 Å². The molecule has 4 aromatic carbocycles. The first kappa shape index (κ1) is 44.2. The Bertz CT molecular complexity index is 3190. The molecule has 0 spiro atoms. The molecule has 0 aliphatic carbocycles. The highest BCUT2D eigenvalue weighted by Crippen LogP contribution is 2.37. The van der Waals surface area contributed by atoms with Gasteiger partial charge in [0.15, 0.2) is 0 Å². The third-order valence-electron chi connectivity index (χ3n) is 12.4. The van der Waals surface area contributed by atoms with Crippen molar-refractivity contribution in [2.45, 2.75) is 51.7 Å². The summed E-state index contributed by atoms with van der Waals surface area (Å²) < 4.78 is 39.7. The number of nitrogens with two attached hydrogens (primary N) is 2. The molecule has 3 aliphatic rings. The van der Waals surface area contributed by atoms with E-state index in [1.807, 2.05) is 88.4 Å². The second-order valence-corrected chi connectivity index (χ2v) is 17.7. The van der Waals surface area contributed by atoms with Crippen LogP contribution < -0.4 is 27.6 Å². The molecular weight excluding hydrogens is 861 g/mol. The minimum Gasteiger partial charge on any atom is -0.399 e. The Kier molecular flexibility index (Phi) is 11.6. The quantitative estimate of drug-likeness (QED) is 0.0575. The third-order valence-corrected chi connectivity index (χ3v) is 12.6. The van der Waals surface area contributed by atoms with Crippen molar-refractivity contribution in [1.29, 1.82) is 0 Å². The summed E-state index contributed by atoms with van der Waals surface area (Å²) in [7, 11) is -0.680. The molecule has 334 valence electrons. The van der Waals surface area contributed by atoms with Crippen molar-refractivity contribution in [3.05, 3.63) is 148 Å². The maximum Gasteiger partial charge on any atom is 0.497 e. The van der Waals surface area contributed by atoms with Gasteiger partial charge in [-0.05, 0) is 88.4 Å². The smallest absolute Gasteiger partial charge is 0.399 e. The van der Waals surface area contributed by atoms with E-state index < -0.39 is 30.0 Å². The lowest BCUT2D eigenvalue weighted by Crippen LogP contribution is -2.41. The first-order chi connectivity index (χ1) is 31.5. The molecule has 66 heavy (non-hydrogen) atoms. The van der Waals surface area contributed by atoms with Gasteiger partial charge in [-0.15, -0.1) is 0 Å². The lowest BCUT2D eigenvalue weighted by Gasteiger charge is -2.32. The predicted molar refractivity (Wildman–Crippen MR) is 256 cm³/mol. The van der Waals surface area contributed by atoms with Crippen LogP contribution >= 0.6 is 11.6 Å². The molecule has 4 aromatic heterocycles. The van der Waals surface area contributed by atoms with Gasteiger partial charge in [0.2, 0.25) is 0 Å². The fraction of sp³-hybridized carbons (Fsp3) is 0.200. The molecule has 1 saturated heterocycles. The van der Waals surface area contributed by atoms with Gasteiger partial charge < -0.3 is 41.4 Å². The van der Waals surface area contributed by atoms with E-state index in [2.05, 4.69) is 25.6 Å². The van der Waals surface area contributed by atoms with E-state index >= 15 is 0 Å². The van der Waals surface area contributed by atoms with E-state index in [1.54, 1.807) is 36.4 Å². The number of para-hydroxylation sites is 2. The number of nitrogens with one attached hydrogen (secondary N) is 4. The Morgan fingerprint density at radius 3 is 1.65 bits per heavy atom. The van der Waals surface area contributed by atoms with Gasteiger partial charge in [0.25, 0.3) is 11.8 Å². The van der Waals surface area contributed by atoms with E-state index in [4.69, 9.17) is 37.4 Å². The molecule has 12 nitrogen and oxygen atoms in total. The lowest BCUT2D eigenvalue weighted by molar-refractivity contribution is 0.00578. The lowest BCUT2D eigenvalue weighted by atomic mass is 9.78. The summed E-state index contributed by atoms with van der Waals surface area (Å²) in [6.45, 7) is 9.03. The van der Waals surface area contributed by atoms with Gasteiger partial charge in [0.1, 0.15) is 16.8 Å². The second-order valence-electron chi connectivity index (χ2n) is 17.4. The molecule has 8 aromatic rings. The van der Waals surface area contributed by atoms with Crippen LogP contribution in [-0.4, -0.2) is 63.2 Å². The number of aromatic nitrogens is 4. The molecule has 11 rings (SSSR count). The minimum atomic E-state index is -0.680. The number of hydrogen-bond donors (Lipinski definition) is 6. The van der Waals surface area contributed by atoms with Crippen LogP contribution in [0.1, 0.15) is 59.8 Å². The summed E-state index contributed by atoms with van der Waals surface area (Å²) in [4.78, 5) is 39.8. The molecule has 1 fully saturated rings. The average molecular weight is 907 g/mol. The number of carbonyl (C=O) groups excluding carboxylic acids is 2. The van der Waals surface area contributed by atoms with Gasteiger partial charge in [-0.2, -0.15) is 0 Å². The number of hydrogen-bond acceptors (Lipinski definition) is 8. The summed E-state index contributed by atoms with van der Waals surface area (Å²) in [5, 5.41) is 8.13. The largest absolute Gasteiger partial charge is 0.497 e. The van der Waals surface area contributed by atoms with E-state index in [0.29, 0.717) is 51.9 Å². The highest BCUT2D eigenvalue weighted by Gasteiger charge is 2.52. The fourth-order valence-corrected chi connectivity index (χ4v) is 8.32. The van der Waals surface area contributed by atoms with Crippen molar-refractivity contribution in [2.24, 2.45) is 0 Å². The molecule has 0 bridgehead atoms. The van der Waals surface area contributed by atoms with Crippen LogP contribution in [-0.2, 0) is 22.2 Å². The van der Waals surface area contributed by atoms with Gasteiger partial charge in [-0.25, -0.2) is 18.7 Å². The molecule has 7 heterocycles. The van der Waals surface area contributed by atoms with Crippen LogP contribution in [0.3, 0.4) is 0 Å². The van der Waals surface area contributed by atoms with Gasteiger partial charge in [-0.1, -0.05) is 60.1 Å². The minimum absolute atomic E-state index is 0.0232. The van der Waals surface area contributed by atoms with Gasteiger partial charge in [-0.3, -0.25) is 9.59 Å². The first-order valence-corrected chi connectivity index (χ1v) is 21.8. The first-order valence-electron chi connectivity index (χ1n) is 21.5. The molecule has 16 heteroatoms. The maximum atomic E-state index is 14.4. The molecule has 8 N–H and O–H groups in total. The zero-order valence-electron chi connectivity index (χ0n) is 36.6. The van der Waals surface area contributed by atoms with Gasteiger partial charge in [0, 0.05) is 93.0 Å². The highest BCUT2D eigenvalue weighted by atomic mass is 35.5. The van der Waals surface area contributed by atoms with Crippen LogP contribution in [0.25, 0.3) is 55.6 Å². The number of halogens is 3. The summed E-state index contributed by atoms with van der Waals surface area (Å²) in [5.74, 6) is -0.897. The third kappa shape index (κ3) is 8.60. The molecule has 3 aliphatic heterocycles. The summed E-state index contributed by atoms with van der Waals surface area (Å²) in [6, 6.07) is 32.1. The Morgan fingerprint density at radius 2 is 1.12 bits per heavy atom. The van der Waals surface area contributed by atoms with E-state index in [9.17, 15) is 18.4 Å². The molecule has 0 radical (unpaired) electrons. The number of amides is 2. The predicted octanol–water partition coefficient (Wildman–Crippen LogP) is 8.78. The Hall–Kier alpha value is -7.07. The zero-order valence-corrected chi connectivity index (χ0v) is 37.4. The SMILES string of the molecule is CC1(C)OB(c2ccc(N)cc2F)OC1(C)C.Nc1ccc(-c2ccc3cccc(-c4cc5c([nH]4)CCNC5=O)c3n2)c(F)c1.O=C1NCCc2[nH]c(-c3cccc4ccc(Cl)nc34)cc21. The van der Waals surface area contributed by atoms with Crippen LogP contribution in [0.2, 0.25) is 5.15 Å². The van der Waals surface area contributed by atoms with E-state index in [0.717, 1.165) is 74.1 Å². The topological polar surface area (TPSA) is 186 Å². The van der Waals surface area contributed by atoms with Crippen molar-refractivity contribution < 1.29 is 27.7 Å². The molecule has 2 amide bonds. The normalized spacial score (nSPS) is 15.8. The molecule has 0 unspecified atom stereocenters. The number of H-pyrrole nitrogens is 2. The number of pyridine rings is 2. The van der Waals surface area contributed by atoms with E-state index in [-0.39, 0.29) is 11.8 Å².